The zero-order valence-electron chi connectivity index (χ0n) is 59.7. The smallest absolute Gasteiger partial charge is 0.338 e. The zero-order chi connectivity index (χ0) is 73.0. The van der Waals surface area contributed by atoms with E-state index in [9.17, 15) is 0 Å². The van der Waals surface area contributed by atoms with Crippen LogP contribution in [0.4, 0.5) is 0 Å². The molecule has 0 unspecified atom stereocenters. The first kappa shape index (κ1) is 75.8. The van der Waals surface area contributed by atoms with Crippen LogP contribution in [-0.2, 0) is 129 Å². The maximum Gasteiger partial charge on any atom is 0.338 e. The molecule has 107 heavy (non-hydrogen) atoms. The number of esters is 2. The van der Waals surface area contributed by atoms with Gasteiger partial charge < -0.3 is 75.8 Å². The van der Waals surface area contributed by atoms with Gasteiger partial charge in [0.1, 0.15) is 61.0 Å². The van der Waals surface area contributed by atoms with Gasteiger partial charge in [0, 0.05) is 7.11 Å². The number of methoxy groups -OCH3 is 1. The van der Waals surface area contributed by atoms with Crippen LogP contribution in [0.25, 0.3) is 0 Å². The lowest BCUT2D eigenvalue weighted by molar-refractivity contribution is -0.355. The summed E-state index contributed by atoms with van der Waals surface area (Å²) in [6.07, 6.45) is -16.7. The summed E-state index contributed by atoms with van der Waals surface area (Å²) in [7, 11) is 1.55. The minimum atomic E-state index is -1.50. The maximum atomic E-state index is 15.1. The van der Waals surface area contributed by atoms with Crippen LogP contribution in [-0.4, -0.2) is 131 Å². The molecule has 0 aliphatic carbocycles. The molecule has 15 atom stereocenters. The van der Waals surface area contributed by atoms with Crippen molar-refractivity contribution in [3.05, 3.63) is 359 Å². The van der Waals surface area contributed by atoms with Crippen LogP contribution in [0.5, 0.6) is 0 Å². The third-order valence-corrected chi connectivity index (χ3v) is 18.8. The standard InChI is InChI=1S/C89H90O18/c1-92-87-82(98-57-68-42-22-7-23-43-68)79(96-55-66-38-18-5-19-39-66)77(95-54-65-36-16-4-17-37-65)74(103-87)61-101-89-84(100-59-70-46-26-9-27-47-70)81(107-86(91)72-50-30-11-31-51-72)78(106-85(90)71-48-28-10-29-49-71)75(105-89)62-102-88-83(99-58-69-44-24-8-25-45-69)80(97-56-67-40-20-6-21-41-67)76(94-53-64-34-14-3-15-35-64)73(104-88)60-93-52-63-32-12-2-13-33-63/h2-51,73-84,87-89H,52-62H2,1H3/t73-,74-,75-,76-,77-,78-,79+,80+,81+,82-,83-,84-,87+,88+,89+/m1/s1. The lowest BCUT2D eigenvalue weighted by Crippen LogP contribution is -2.65. The van der Waals surface area contributed by atoms with Crippen molar-refractivity contribution in [2.45, 2.75) is 145 Å². The van der Waals surface area contributed by atoms with Crippen LogP contribution in [0.1, 0.15) is 65.2 Å². The fraction of sp³-hybridized carbons (Fsp3) is 0.303. The predicted molar refractivity (Wildman–Crippen MR) is 397 cm³/mol. The van der Waals surface area contributed by atoms with Crippen molar-refractivity contribution < 1.29 is 85.4 Å². The molecule has 554 valence electrons. The highest BCUT2D eigenvalue weighted by atomic mass is 16.8. The Bertz CT molecular complexity index is 4170. The molecule has 18 nitrogen and oxygen atoms in total. The van der Waals surface area contributed by atoms with E-state index in [0.29, 0.717) is 0 Å². The Balaban J connectivity index is 0.895. The molecule has 0 aromatic heterocycles. The van der Waals surface area contributed by atoms with E-state index in [4.69, 9.17) is 75.8 Å². The Kier molecular flexibility index (Phi) is 28.3. The number of ether oxygens (including phenoxy) is 16. The number of benzene rings is 10. The molecule has 3 saturated heterocycles. The van der Waals surface area contributed by atoms with Gasteiger partial charge in [0.05, 0.1) is 83.8 Å². The lowest BCUT2D eigenvalue weighted by Gasteiger charge is -2.48. The zero-order valence-corrected chi connectivity index (χ0v) is 59.7. The van der Waals surface area contributed by atoms with Crippen LogP contribution in [0.2, 0.25) is 0 Å². The first-order valence-corrected chi connectivity index (χ1v) is 36.3. The molecule has 10 aromatic carbocycles. The Morgan fingerprint density at radius 2 is 0.477 bits per heavy atom. The Morgan fingerprint density at radius 1 is 0.243 bits per heavy atom. The summed E-state index contributed by atoms with van der Waals surface area (Å²) in [5, 5.41) is 0. The van der Waals surface area contributed by atoms with Gasteiger partial charge in [0.25, 0.3) is 0 Å². The molecule has 0 amide bonds. The van der Waals surface area contributed by atoms with Crippen LogP contribution in [0.3, 0.4) is 0 Å². The van der Waals surface area contributed by atoms with Gasteiger partial charge in [-0.05, 0) is 68.8 Å². The topological polar surface area (TPSA) is 182 Å². The molecule has 3 aliphatic heterocycles. The van der Waals surface area contributed by atoms with Crippen molar-refractivity contribution in [2.75, 3.05) is 26.9 Å². The number of rotatable bonds is 36. The van der Waals surface area contributed by atoms with Crippen molar-refractivity contribution in [3.63, 3.8) is 0 Å². The van der Waals surface area contributed by atoms with Gasteiger partial charge in [-0.1, -0.05) is 279 Å². The van der Waals surface area contributed by atoms with Crippen molar-refractivity contribution in [3.8, 4) is 0 Å². The SMILES string of the molecule is CO[C@H]1O[C@H](CO[C@H]2O[C@H](CO[C@H]3O[C@H](COCc4ccccc4)[C@@H](OCc4ccccc4)[C@H](OCc4ccccc4)[C@H]3OCc3ccccc3)[C@@H](OC(=O)c3ccccc3)[C@H](OC(=O)c3ccccc3)[C@H]2OCc2ccccc2)[C@@H](OCc2ccccc2)[C@H](OCc2ccccc2)[C@H]1OCc1ccccc1. The normalized spacial score (nSPS) is 24.3. The van der Waals surface area contributed by atoms with E-state index in [2.05, 4.69) is 0 Å². The monoisotopic (exact) mass is 1450 g/mol. The van der Waals surface area contributed by atoms with Crippen molar-refractivity contribution in [2.24, 2.45) is 0 Å². The average Bonchev–Trinajstić information content (AvgIpc) is 0.781. The second-order valence-electron chi connectivity index (χ2n) is 26.3. The first-order valence-electron chi connectivity index (χ1n) is 36.3. The second-order valence-corrected chi connectivity index (χ2v) is 26.3. The fourth-order valence-electron chi connectivity index (χ4n) is 13.2. The largest absolute Gasteiger partial charge is 0.452 e. The number of carbonyl (C=O) groups is 2. The van der Waals surface area contributed by atoms with Crippen LogP contribution in [0, 0.1) is 0 Å². The number of hydrogen-bond donors (Lipinski definition) is 0. The highest BCUT2D eigenvalue weighted by Gasteiger charge is 2.56. The second kappa shape index (κ2) is 40.0. The summed E-state index contributed by atoms with van der Waals surface area (Å²) in [4.78, 5) is 30.1. The minimum Gasteiger partial charge on any atom is -0.452 e. The van der Waals surface area contributed by atoms with Gasteiger partial charge >= 0.3 is 11.9 Å². The molecule has 0 N–H and O–H groups in total. The summed E-state index contributed by atoms with van der Waals surface area (Å²) < 4.78 is 112. The van der Waals surface area contributed by atoms with Crippen molar-refractivity contribution >= 4 is 11.9 Å². The highest BCUT2D eigenvalue weighted by molar-refractivity contribution is 5.90. The molecule has 0 radical (unpaired) electrons. The summed E-state index contributed by atoms with van der Waals surface area (Å²) in [5.74, 6) is -1.50. The Hall–Kier alpha value is -9.42. The third-order valence-electron chi connectivity index (χ3n) is 18.8. The van der Waals surface area contributed by atoms with E-state index >= 15 is 9.59 Å². The maximum absolute atomic E-state index is 15.1. The van der Waals surface area contributed by atoms with Crippen LogP contribution in [0.15, 0.2) is 303 Å². The summed E-state index contributed by atoms with van der Waals surface area (Å²) >= 11 is 0. The molecule has 3 fully saturated rings. The van der Waals surface area contributed by atoms with E-state index in [1.54, 1.807) is 67.8 Å². The average molecular weight is 1450 g/mol. The van der Waals surface area contributed by atoms with Crippen LogP contribution < -0.4 is 0 Å². The van der Waals surface area contributed by atoms with Gasteiger partial charge in [-0.2, -0.15) is 0 Å². The first-order chi connectivity index (χ1) is 52.8. The predicted octanol–water partition coefficient (Wildman–Crippen LogP) is 14.6. The van der Waals surface area contributed by atoms with Gasteiger partial charge in [0.2, 0.25) is 0 Å². The molecular weight excluding hydrogens is 1360 g/mol. The molecule has 0 saturated carbocycles. The molecule has 13 rings (SSSR count). The molecule has 0 spiro atoms. The Labute approximate surface area is 625 Å². The quantitative estimate of drug-likeness (QED) is 0.0338. The number of hydrogen-bond acceptors (Lipinski definition) is 18. The van der Waals surface area contributed by atoms with Crippen molar-refractivity contribution in [1.82, 2.24) is 0 Å². The van der Waals surface area contributed by atoms with E-state index in [1.165, 1.54) is 0 Å². The number of carbonyl (C=O) groups excluding carboxylic acids is 2. The van der Waals surface area contributed by atoms with Crippen LogP contribution >= 0.6 is 0 Å². The highest BCUT2D eigenvalue weighted by Crippen LogP contribution is 2.38. The molecule has 10 aromatic rings. The van der Waals surface area contributed by atoms with E-state index in [0.717, 1.165) is 44.5 Å². The molecule has 3 heterocycles. The fourth-order valence-corrected chi connectivity index (χ4v) is 13.2. The van der Waals surface area contributed by atoms with Crippen molar-refractivity contribution in [1.29, 1.82) is 0 Å². The lowest BCUT2D eigenvalue weighted by atomic mass is 9.96. The summed E-state index contributed by atoms with van der Waals surface area (Å²) in [6, 6.07) is 95.4. The van der Waals surface area contributed by atoms with E-state index in [1.807, 2.05) is 243 Å². The minimum absolute atomic E-state index is 0.0250. The van der Waals surface area contributed by atoms with E-state index < -0.39 is 111 Å². The summed E-state index contributed by atoms with van der Waals surface area (Å²) in [5.41, 5.74) is 7.56. The molecule has 3 aliphatic rings. The van der Waals surface area contributed by atoms with E-state index in [-0.39, 0.29) is 77.2 Å². The molecule has 18 heteroatoms. The summed E-state index contributed by atoms with van der Waals surface area (Å²) in [6.45, 7) is 0.516. The Morgan fingerprint density at radius 3 is 0.794 bits per heavy atom. The van der Waals surface area contributed by atoms with Gasteiger partial charge in [0.15, 0.2) is 31.1 Å². The molecular formula is C89H90O18. The van der Waals surface area contributed by atoms with Gasteiger partial charge in [-0.3, -0.25) is 0 Å². The van der Waals surface area contributed by atoms with Gasteiger partial charge in [-0.25, -0.2) is 9.59 Å². The molecule has 0 bridgehead atoms. The van der Waals surface area contributed by atoms with Gasteiger partial charge in [-0.15, -0.1) is 0 Å². The third kappa shape index (κ3) is 21.7.